The number of aliphatic hydroxyl groups excluding tert-OH is 1. The molecule has 0 radical (unpaired) electrons. The molecule has 0 atom stereocenters. The van der Waals surface area contributed by atoms with Crippen molar-refractivity contribution in [3.63, 3.8) is 0 Å². The van der Waals surface area contributed by atoms with Crippen LogP contribution in [0.25, 0.3) is 0 Å². The van der Waals surface area contributed by atoms with Crippen molar-refractivity contribution in [1.29, 1.82) is 0 Å². The first-order valence-corrected chi connectivity index (χ1v) is 10.5. The number of ether oxygens (including phenoxy) is 2. The number of rotatable bonds is 19. The molecule has 146 valence electrons. The van der Waals surface area contributed by atoms with Crippen LogP contribution in [0.15, 0.2) is 0 Å². The fourth-order valence-corrected chi connectivity index (χ4v) is 2.73. The molecule has 0 aromatic rings. The van der Waals surface area contributed by atoms with E-state index in [4.69, 9.17) is 14.6 Å². The standard InChI is InChI=1S/C21H44O3/c1-4-21(3,5-2)24-20-16-12-8-11-15-19-23-18-14-10-7-6-9-13-17-22/h22H,4-20H2,1-3H3. The van der Waals surface area contributed by atoms with Crippen LogP contribution < -0.4 is 0 Å². The van der Waals surface area contributed by atoms with Crippen molar-refractivity contribution in [3.8, 4) is 0 Å². The Balaban J connectivity index is 3.13. The lowest BCUT2D eigenvalue weighted by Gasteiger charge is -2.27. The van der Waals surface area contributed by atoms with Gasteiger partial charge in [0.05, 0.1) is 5.60 Å². The summed E-state index contributed by atoms with van der Waals surface area (Å²) in [7, 11) is 0. The van der Waals surface area contributed by atoms with Gasteiger partial charge in [0, 0.05) is 26.4 Å². The fraction of sp³-hybridized carbons (Fsp3) is 1.00. The first kappa shape index (κ1) is 23.9. The molecule has 3 heteroatoms. The largest absolute Gasteiger partial charge is 0.396 e. The van der Waals surface area contributed by atoms with Gasteiger partial charge in [-0.2, -0.15) is 0 Å². The molecule has 0 aliphatic rings. The Morgan fingerprint density at radius 2 is 1.04 bits per heavy atom. The van der Waals surface area contributed by atoms with E-state index in [2.05, 4.69) is 20.8 Å². The second-order valence-corrected chi connectivity index (χ2v) is 7.23. The maximum Gasteiger partial charge on any atom is 0.0649 e. The fourth-order valence-electron chi connectivity index (χ4n) is 2.73. The highest BCUT2D eigenvalue weighted by Crippen LogP contribution is 2.19. The van der Waals surface area contributed by atoms with Crippen molar-refractivity contribution in [2.24, 2.45) is 0 Å². The zero-order valence-corrected chi connectivity index (χ0v) is 16.8. The molecule has 0 heterocycles. The van der Waals surface area contributed by atoms with Crippen LogP contribution in [0.2, 0.25) is 0 Å². The van der Waals surface area contributed by atoms with E-state index < -0.39 is 0 Å². The van der Waals surface area contributed by atoms with Crippen molar-refractivity contribution in [2.45, 2.75) is 110 Å². The summed E-state index contributed by atoms with van der Waals surface area (Å²) in [5.74, 6) is 0. The molecule has 0 saturated heterocycles. The maximum atomic E-state index is 8.70. The average Bonchev–Trinajstić information content (AvgIpc) is 2.61. The Kier molecular flexibility index (Phi) is 17.6. The van der Waals surface area contributed by atoms with E-state index >= 15 is 0 Å². The topological polar surface area (TPSA) is 38.7 Å². The summed E-state index contributed by atoms with van der Waals surface area (Å²) < 4.78 is 11.7. The van der Waals surface area contributed by atoms with Crippen LogP contribution in [0.5, 0.6) is 0 Å². The van der Waals surface area contributed by atoms with Gasteiger partial charge in [-0.15, -0.1) is 0 Å². The van der Waals surface area contributed by atoms with Crippen molar-refractivity contribution in [1.82, 2.24) is 0 Å². The van der Waals surface area contributed by atoms with E-state index in [0.29, 0.717) is 6.61 Å². The first-order valence-electron chi connectivity index (χ1n) is 10.5. The van der Waals surface area contributed by atoms with Crippen LogP contribution in [0.3, 0.4) is 0 Å². The van der Waals surface area contributed by atoms with Crippen LogP contribution in [0, 0.1) is 0 Å². The minimum absolute atomic E-state index is 0.0900. The Labute approximate surface area is 151 Å². The Morgan fingerprint density at radius 3 is 1.50 bits per heavy atom. The van der Waals surface area contributed by atoms with Gasteiger partial charge in [-0.1, -0.05) is 58.8 Å². The Bertz CT molecular complexity index is 239. The molecule has 0 unspecified atom stereocenters. The molecule has 0 aliphatic carbocycles. The summed E-state index contributed by atoms with van der Waals surface area (Å²) in [5.41, 5.74) is 0.0900. The van der Waals surface area contributed by atoms with Crippen molar-refractivity contribution < 1.29 is 14.6 Å². The minimum atomic E-state index is 0.0900. The third-order valence-electron chi connectivity index (χ3n) is 5.08. The van der Waals surface area contributed by atoms with Gasteiger partial charge in [-0.3, -0.25) is 0 Å². The first-order chi connectivity index (χ1) is 11.7. The highest BCUT2D eigenvalue weighted by molar-refractivity contribution is 4.70. The lowest BCUT2D eigenvalue weighted by molar-refractivity contribution is -0.0386. The van der Waals surface area contributed by atoms with Gasteiger partial charge in [-0.05, 0) is 45.4 Å². The lowest BCUT2D eigenvalue weighted by Crippen LogP contribution is -2.27. The highest BCUT2D eigenvalue weighted by atomic mass is 16.5. The normalized spacial score (nSPS) is 12.0. The van der Waals surface area contributed by atoms with Gasteiger partial charge < -0.3 is 14.6 Å². The van der Waals surface area contributed by atoms with Crippen molar-refractivity contribution >= 4 is 0 Å². The third-order valence-corrected chi connectivity index (χ3v) is 5.08. The van der Waals surface area contributed by atoms with Crippen LogP contribution in [-0.4, -0.2) is 37.1 Å². The Hall–Kier alpha value is -0.120. The monoisotopic (exact) mass is 344 g/mol. The molecule has 0 spiro atoms. The van der Waals surface area contributed by atoms with Crippen molar-refractivity contribution in [3.05, 3.63) is 0 Å². The van der Waals surface area contributed by atoms with Gasteiger partial charge >= 0.3 is 0 Å². The van der Waals surface area contributed by atoms with Crippen LogP contribution >= 0.6 is 0 Å². The zero-order valence-electron chi connectivity index (χ0n) is 16.8. The van der Waals surface area contributed by atoms with Gasteiger partial charge in [0.25, 0.3) is 0 Å². The molecule has 24 heavy (non-hydrogen) atoms. The van der Waals surface area contributed by atoms with Crippen LogP contribution in [0.1, 0.15) is 104 Å². The molecule has 0 saturated carbocycles. The second-order valence-electron chi connectivity index (χ2n) is 7.23. The maximum absolute atomic E-state index is 8.70. The smallest absolute Gasteiger partial charge is 0.0649 e. The molecular weight excluding hydrogens is 300 g/mol. The number of aliphatic hydroxyl groups is 1. The van der Waals surface area contributed by atoms with Crippen LogP contribution in [0.4, 0.5) is 0 Å². The van der Waals surface area contributed by atoms with E-state index in [9.17, 15) is 0 Å². The van der Waals surface area contributed by atoms with Gasteiger partial charge in [0.1, 0.15) is 0 Å². The van der Waals surface area contributed by atoms with Gasteiger partial charge in [-0.25, -0.2) is 0 Å². The summed E-state index contributed by atoms with van der Waals surface area (Å²) in [6.45, 7) is 9.73. The van der Waals surface area contributed by atoms with E-state index in [1.807, 2.05) is 0 Å². The number of hydrogen-bond donors (Lipinski definition) is 1. The van der Waals surface area contributed by atoms with E-state index in [1.54, 1.807) is 0 Å². The molecule has 1 N–H and O–H groups in total. The van der Waals surface area contributed by atoms with Crippen LogP contribution in [-0.2, 0) is 9.47 Å². The highest BCUT2D eigenvalue weighted by Gasteiger charge is 2.19. The minimum Gasteiger partial charge on any atom is -0.396 e. The van der Waals surface area contributed by atoms with E-state index in [-0.39, 0.29) is 5.60 Å². The molecule has 0 aromatic heterocycles. The molecule has 0 amide bonds. The molecule has 0 rings (SSSR count). The quantitative estimate of drug-likeness (QED) is 0.297. The Morgan fingerprint density at radius 1 is 0.625 bits per heavy atom. The number of unbranched alkanes of at least 4 members (excludes halogenated alkanes) is 9. The SMILES string of the molecule is CCC(C)(CC)OCCCCCCCOCCCCCCCCO. The molecule has 3 nitrogen and oxygen atoms in total. The predicted molar refractivity (Wildman–Crippen MR) is 104 cm³/mol. The lowest BCUT2D eigenvalue weighted by atomic mass is 10.0. The summed E-state index contributed by atoms with van der Waals surface area (Å²) in [6.07, 6.45) is 15.5. The molecule has 0 aromatic carbocycles. The average molecular weight is 345 g/mol. The van der Waals surface area contributed by atoms with E-state index in [1.165, 1.54) is 64.2 Å². The van der Waals surface area contributed by atoms with Crippen molar-refractivity contribution in [2.75, 3.05) is 26.4 Å². The summed E-state index contributed by atoms with van der Waals surface area (Å²) in [5, 5.41) is 8.70. The molecule has 0 fully saturated rings. The summed E-state index contributed by atoms with van der Waals surface area (Å²) >= 11 is 0. The summed E-state index contributed by atoms with van der Waals surface area (Å²) in [4.78, 5) is 0. The van der Waals surface area contributed by atoms with E-state index in [0.717, 1.165) is 39.1 Å². The van der Waals surface area contributed by atoms with Gasteiger partial charge in [0.2, 0.25) is 0 Å². The predicted octanol–water partition coefficient (Wildman–Crippen LogP) is 5.88. The second kappa shape index (κ2) is 17.7. The molecular formula is C21H44O3. The summed E-state index contributed by atoms with van der Waals surface area (Å²) in [6, 6.07) is 0. The zero-order chi connectivity index (χ0) is 17.9. The van der Waals surface area contributed by atoms with Gasteiger partial charge in [0.15, 0.2) is 0 Å². The molecule has 0 bridgehead atoms. The third kappa shape index (κ3) is 15.4. The number of hydrogen-bond acceptors (Lipinski definition) is 3. The molecule has 0 aliphatic heterocycles.